The fourth-order valence-electron chi connectivity index (χ4n) is 6.71. The van der Waals surface area contributed by atoms with E-state index in [4.69, 9.17) is 0 Å². The lowest BCUT2D eigenvalue weighted by Crippen LogP contribution is -2.36. The van der Waals surface area contributed by atoms with E-state index in [9.17, 15) is 15.3 Å². The molecule has 3 N–H and O–H groups in total. The standard InChI is InChI=1S/C27H44O3/c1-18(8-6-16-26(3,4)30)22-13-14-23-21(9-7-17-27(22,23)5)11-10-20-12-15-24(28)25(29)19(20)2/h10-11,18,22-25,28-30H,2,6-9,12-17H2,1,3-5H3/b20-10-,21-11?/t18-,22-,23+,24-,25-,27-/m1/s1. The average molecular weight is 417 g/mol. The van der Waals surface area contributed by atoms with Crippen LogP contribution in [0.15, 0.2) is 35.5 Å². The maximum absolute atomic E-state index is 10.1. The fourth-order valence-corrected chi connectivity index (χ4v) is 6.71. The van der Waals surface area contributed by atoms with Gasteiger partial charge in [0, 0.05) is 0 Å². The van der Waals surface area contributed by atoms with Gasteiger partial charge < -0.3 is 15.3 Å². The van der Waals surface area contributed by atoms with Crippen LogP contribution in [-0.2, 0) is 0 Å². The van der Waals surface area contributed by atoms with Gasteiger partial charge >= 0.3 is 0 Å². The first-order valence-electron chi connectivity index (χ1n) is 12.2. The summed E-state index contributed by atoms with van der Waals surface area (Å²) < 4.78 is 0. The third-order valence-electron chi connectivity index (χ3n) is 8.51. The topological polar surface area (TPSA) is 60.7 Å². The molecule has 3 nitrogen and oxygen atoms in total. The SMILES string of the molecule is C=C1/C(=C\C=C2CCC[C@]3(C)[C@@H]([C@H](C)CCCC(C)(C)O)CC[C@@H]23)CC[C@@H](O)[C@@H]1O. The molecule has 3 saturated carbocycles. The molecule has 6 atom stereocenters. The van der Waals surface area contributed by atoms with Gasteiger partial charge in [0.05, 0.1) is 11.7 Å². The molecular formula is C27H44O3. The van der Waals surface area contributed by atoms with Crippen molar-refractivity contribution in [1.82, 2.24) is 0 Å². The van der Waals surface area contributed by atoms with E-state index in [0.29, 0.717) is 29.2 Å². The van der Waals surface area contributed by atoms with Crippen LogP contribution < -0.4 is 0 Å². The lowest BCUT2D eigenvalue weighted by atomic mass is 9.60. The van der Waals surface area contributed by atoms with E-state index in [1.807, 2.05) is 13.8 Å². The number of fused-ring (bicyclic) bond motifs is 1. The van der Waals surface area contributed by atoms with Crippen LogP contribution >= 0.6 is 0 Å². The summed E-state index contributed by atoms with van der Waals surface area (Å²) in [6, 6.07) is 0. The van der Waals surface area contributed by atoms with E-state index < -0.39 is 17.8 Å². The lowest BCUT2D eigenvalue weighted by molar-refractivity contribution is 0.0301. The van der Waals surface area contributed by atoms with Gasteiger partial charge in [0.2, 0.25) is 0 Å². The third kappa shape index (κ3) is 5.11. The van der Waals surface area contributed by atoms with Gasteiger partial charge in [-0.3, -0.25) is 0 Å². The van der Waals surface area contributed by atoms with E-state index in [1.165, 1.54) is 38.5 Å². The molecule has 0 amide bonds. The molecule has 3 rings (SSSR count). The van der Waals surface area contributed by atoms with Crippen molar-refractivity contribution in [3.8, 4) is 0 Å². The van der Waals surface area contributed by atoms with Crippen LogP contribution in [0.5, 0.6) is 0 Å². The largest absolute Gasteiger partial charge is 0.390 e. The Labute approximate surface area is 184 Å². The highest BCUT2D eigenvalue weighted by Gasteiger charge is 2.50. The van der Waals surface area contributed by atoms with Crippen molar-refractivity contribution in [3.05, 3.63) is 35.5 Å². The fraction of sp³-hybridized carbons (Fsp3) is 0.778. The summed E-state index contributed by atoms with van der Waals surface area (Å²) in [4.78, 5) is 0. The Morgan fingerprint density at radius 1 is 1.17 bits per heavy atom. The van der Waals surface area contributed by atoms with Gasteiger partial charge in [-0.05, 0) is 99.5 Å². The van der Waals surface area contributed by atoms with Crippen molar-refractivity contribution >= 4 is 0 Å². The molecule has 3 heteroatoms. The van der Waals surface area contributed by atoms with Crippen LogP contribution in [0.3, 0.4) is 0 Å². The highest BCUT2D eigenvalue weighted by atomic mass is 16.3. The second-order valence-electron chi connectivity index (χ2n) is 11.3. The molecule has 0 radical (unpaired) electrons. The van der Waals surface area contributed by atoms with Crippen molar-refractivity contribution in [2.75, 3.05) is 0 Å². The Morgan fingerprint density at radius 2 is 1.90 bits per heavy atom. The van der Waals surface area contributed by atoms with Gasteiger partial charge in [-0.15, -0.1) is 0 Å². The van der Waals surface area contributed by atoms with Crippen molar-refractivity contribution in [2.45, 2.75) is 110 Å². The Hall–Kier alpha value is -0.900. The van der Waals surface area contributed by atoms with Crippen LogP contribution in [0.25, 0.3) is 0 Å². The minimum Gasteiger partial charge on any atom is -0.390 e. The molecule has 0 bridgehead atoms. The van der Waals surface area contributed by atoms with Crippen molar-refractivity contribution in [3.63, 3.8) is 0 Å². The van der Waals surface area contributed by atoms with E-state index in [1.54, 1.807) is 5.57 Å². The van der Waals surface area contributed by atoms with Gasteiger partial charge in [0.1, 0.15) is 6.10 Å². The maximum Gasteiger partial charge on any atom is 0.105 e. The summed E-state index contributed by atoms with van der Waals surface area (Å²) in [7, 11) is 0. The molecule has 0 aromatic carbocycles. The van der Waals surface area contributed by atoms with Gasteiger partial charge in [-0.1, -0.05) is 51.0 Å². The molecule has 0 aromatic rings. The van der Waals surface area contributed by atoms with Crippen molar-refractivity contribution < 1.29 is 15.3 Å². The summed E-state index contributed by atoms with van der Waals surface area (Å²) in [5.74, 6) is 2.13. The monoisotopic (exact) mass is 416 g/mol. The molecule has 170 valence electrons. The third-order valence-corrected chi connectivity index (χ3v) is 8.51. The molecule has 3 fully saturated rings. The van der Waals surface area contributed by atoms with E-state index in [0.717, 1.165) is 30.8 Å². The highest BCUT2D eigenvalue weighted by molar-refractivity contribution is 5.38. The zero-order chi connectivity index (χ0) is 22.1. The summed E-state index contributed by atoms with van der Waals surface area (Å²) in [5.41, 5.74) is 3.20. The first kappa shape index (κ1) is 23.8. The summed E-state index contributed by atoms with van der Waals surface area (Å²) in [6.07, 6.45) is 14.0. The van der Waals surface area contributed by atoms with E-state index in [-0.39, 0.29) is 0 Å². The molecule has 3 aliphatic rings. The van der Waals surface area contributed by atoms with Crippen molar-refractivity contribution in [2.24, 2.45) is 23.2 Å². The van der Waals surface area contributed by atoms with Crippen LogP contribution in [0, 0.1) is 23.2 Å². The van der Waals surface area contributed by atoms with Crippen molar-refractivity contribution in [1.29, 1.82) is 0 Å². The van der Waals surface area contributed by atoms with E-state index in [2.05, 4.69) is 32.6 Å². The van der Waals surface area contributed by atoms with Crippen LogP contribution in [0.4, 0.5) is 0 Å². The Morgan fingerprint density at radius 3 is 2.60 bits per heavy atom. The van der Waals surface area contributed by atoms with Gasteiger partial charge in [0.25, 0.3) is 0 Å². The lowest BCUT2D eigenvalue weighted by Gasteiger charge is -2.44. The molecule has 3 aliphatic carbocycles. The van der Waals surface area contributed by atoms with Gasteiger partial charge in [-0.2, -0.15) is 0 Å². The quantitative estimate of drug-likeness (QED) is 0.520. The second kappa shape index (κ2) is 9.30. The van der Waals surface area contributed by atoms with E-state index >= 15 is 0 Å². The highest BCUT2D eigenvalue weighted by Crippen LogP contribution is 2.60. The maximum atomic E-state index is 10.1. The molecule has 0 aromatic heterocycles. The molecule has 0 heterocycles. The summed E-state index contributed by atoms with van der Waals surface area (Å²) in [5, 5.41) is 30.0. The molecule has 0 saturated heterocycles. The summed E-state index contributed by atoms with van der Waals surface area (Å²) >= 11 is 0. The molecule has 0 spiro atoms. The van der Waals surface area contributed by atoms with Gasteiger partial charge in [-0.25, -0.2) is 0 Å². The van der Waals surface area contributed by atoms with Crippen LogP contribution in [0.2, 0.25) is 0 Å². The molecule has 0 aliphatic heterocycles. The first-order valence-corrected chi connectivity index (χ1v) is 12.2. The van der Waals surface area contributed by atoms with Crippen LogP contribution in [-0.4, -0.2) is 33.1 Å². The number of allylic oxidation sites excluding steroid dienone is 3. The second-order valence-corrected chi connectivity index (χ2v) is 11.3. The summed E-state index contributed by atoms with van der Waals surface area (Å²) in [6.45, 7) is 12.8. The zero-order valence-electron chi connectivity index (χ0n) is 19.7. The minimum atomic E-state index is -0.819. The predicted octanol–water partition coefficient (Wildman–Crippen LogP) is 5.70. The minimum absolute atomic E-state index is 0.385. The Balaban J connectivity index is 1.69. The molecule has 30 heavy (non-hydrogen) atoms. The first-order chi connectivity index (χ1) is 14.0. The number of rotatable bonds is 6. The predicted molar refractivity (Wildman–Crippen MR) is 124 cm³/mol. The Kier molecular flexibility index (Phi) is 7.37. The smallest absolute Gasteiger partial charge is 0.105 e. The molecular weight excluding hydrogens is 372 g/mol. The zero-order valence-corrected chi connectivity index (χ0v) is 19.7. The normalized spacial score (nSPS) is 38.8. The Bertz CT molecular complexity index is 683. The average Bonchev–Trinajstić information content (AvgIpc) is 3.02. The number of hydrogen-bond acceptors (Lipinski definition) is 3. The number of aliphatic hydroxyl groups excluding tert-OH is 2. The van der Waals surface area contributed by atoms with Crippen LogP contribution in [0.1, 0.15) is 91.9 Å². The number of hydrogen-bond donors (Lipinski definition) is 3. The number of aliphatic hydroxyl groups is 3. The molecule has 0 unspecified atom stereocenters. The van der Waals surface area contributed by atoms with Gasteiger partial charge in [0.15, 0.2) is 0 Å².